The summed E-state index contributed by atoms with van der Waals surface area (Å²) < 4.78 is 0. The summed E-state index contributed by atoms with van der Waals surface area (Å²) >= 11 is 0. The zero-order valence-corrected chi connectivity index (χ0v) is 8.45. The second-order valence-corrected chi connectivity index (χ2v) is 5.62. The Morgan fingerprint density at radius 1 is 1.08 bits per heavy atom. The second kappa shape index (κ2) is 4.08. The van der Waals surface area contributed by atoms with E-state index in [4.69, 9.17) is 0 Å². The molecule has 68 valence electrons. The molecule has 0 unspecified atom stereocenters. The molecular weight excluding hydrogens is 172 g/mol. The number of hydrogen-bond donors (Lipinski definition) is 0. The Morgan fingerprint density at radius 2 is 1.50 bits per heavy atom. The highest BCUT2D eigenvalue weighted by atomic mass is 32.2. The van der Waals surface area contributed by atoms with Crippen LogP contribution in [-0.2, 0) is 20.5 Å². The zero-order valence-electron chi connectivity index (χ0n) is 7.63. The van der Waals surface area contributed by atoms with Gasteiger partial charge in [-0.05, 0) is 12.8 Å². The molecule has 0 saturated carbocycles. The third-order valence-corrected chi connectivity index (χ3v) is 5.09. The molecule has 0 spiro atoms. The average Bonchev–Trinajstić information content (AvgIpc) is 2.37. The molecule has 0 atom stereocenters. The first-order valence-electron chi connectivity index (χ1n) is 4.30. The van der Waals surface area contributed by atoms with Crippen molar-refractivity contribution >= 4 is 22.5 Å². The topological polar surface area (TPSA) is 34.1 Å². The van der Waals surface area contributed by atoms with E-state index in [0.717, 1.165) is 11.5 Å². The summed E-state index contributed by atoms with van der Waals surface area (Å²) in [4.78, 5) is 22.3. The van der Waals surface area contributed by atoms with E-state index in [-0.39, 0.29) is 27.7 Å². The first-order valence-corrected chi connectivity index (χ1v) is 5.92. The van der Waals surface area contributed by atoms with Gasteiger partial charge in [0.05, 0.1) is 0 Å². The fraction of sp³-hybridized carbons (Fsp3) is 0.778. The Kier molecular flexibility index (Phi) is 3.32. The van der Waals surface area contributed by atoms with Gasteiger partial charge in [-0.15, -0.1) is 0 Å². The van der Waals surface area contributed by atoms with Crippen molar-refractivity contribution in [3.05, 3.63) is 0 Å². The molecule has 0 amide bonds. The lowest BCUT2D eigenvalue weighted by Crippen LogP contribution is -2.36. The van der Waals surface area contributed by atoms with E-state index < -0.39 is 0 Å². The molecule has 1 rings (SSSR count). The first kappa shape index (κ1) is 9.78. The minimum atomic E-state index is -0.271. The Morgan fingerprint density at radius 3 is 1.83 bits per heavy atom. The molecule has 0 aromatic heterocycles. The monoisotopic (exact) mass is 187 g/mol. The molecule has 0 N–H and O–H groups in total. The van der Waals surface area contributed by atoms with E-state index in [9.17, 15) is 9.59 Å². The molecule has 2 nitrogen and oxygen atoms in total. The lowest BCUT2D eigenvalue weighted by Gasteiger charge is -2.08. The van der Waals surface area contributed by atoms with E-state index in [1.54, 1.807) is 0 Å². The molecule has 0 aromatic rings. The summed E-state index contributed by atoms with van der Waals surface area (Å²) in [5, 5.41) is -0.271. The minimum Gasteiger partial charge on any atom is -0.294 e. The van der Waals surface area contributed by atoms with Crippen molar-refractivity contribution in [1.82, 2.24) is 0 Å². The van der Waals surface area contributed by atoms with Crippen LogP contribution in [0.3, 0.4) is 0 Å². The van der Waals surface area contributed by atoms with Gasteiger partial charge in [-0.1, -0.05) is 0 Å². The highest BCUT2D eigenvalue weighted by Crippen LogP contribution is 2.19. The van der Waals surface area contributed by atoms with Crippen LogP contribution in [0.1, 0.15) is 26.7 Å². The second-order valence-electron chi connectivity index (χ2n) is 3.25. The summed E-state index contributed by atoms with van der Waals surface area (Å²) in [6.07, 6.45) is 2.39. The van der Waals surface area contributed by atoms with Crippen LogP contribution in [0.15, 0.2) is 0 Å². The van der Waals surface area contributed by atoms with E-state index in [1.165, 1.54) is 26.7 Å². The molecule has 1 fully saturated rings. The third-order valence-electron chi connectivity index (χ3n) is 2.13. The van der Waals surface area contributed by atoms with Crippen molar-refractivity contribution in [2.45, 2.75) is 31.9 Å². The van der Waals surface area contributed by atoms with Gasteiger partial charge in [-0.2, -0.15) is 0 Å². The maximum absolute atomic E-state index is 11.2. The highest BCUT2D eigenvalue weighted by molar-refractivity contribution is 7.99. The van der Waals surface area contributed by atoms with E-state index in [2.05, 4.69) is 0 Å². The van der Waals surface area contributed by atoms with Crippen LogP contribution < -0.4 is 0 Å². The summed E-state index contributed by atoms with van der Waals surface area (Å²) in [6, 6.07) is 0. The molecule has 3 heteroatoms. The van der Waals surface area contributed by atoms with Gasteiger partial charge in [0.1, 0.15) is 11.5 Å². The summed E-state index contributed by atoms with van der Waals surface area (Å²) in [5.41, 5.74) is 0. The molecule has 12 heavy (non-hydrogen) atoms. The fourth-order valence-electron chi connectivity index (χ4n) is 1.67. The predicted octanol–water partition coefficient (Wildman–Crippen LogP) is 0.945. The quantitative estimate of drug-likeness (QED) is 0.487. The summed E-state index contributed by atoms with van der Waals surface area (Å²) in [5.74, 6) is 2.30. The maximum Gasteiger partial charge on any atom is 0.232 e. The number of ketones is 2. The van der Waals surface area contributed by atoms with Crippen LogP contribution in [0.2, 0.25) is 0 Å². The Labute approximate surface area is 76.1 Å². The fourth-order valence-corrected chi connectivity index (χ4v) is 4.43. The normalized spacial score (nSPS) is 18.6. The Balaban J connectivity index is 2.64. The largest absolute Gasteiger partial charge is 0.294 e. The lowest BCUT2D eigenvalue weighted by atomic mass is 10.2. The van der Waals surface area contributed by atoms with Crippen molar-refractivity contribution in [2.24, 2.45) is 0 Å². The molecule has 1 aliphatic heterocycles. The van der Waals surface area contributed by atoms with Crippen LogP contribution in [-0.4, -0.2) is 28.3 Å². The van der Waals surface area contributed by atoms with Gasteiger partial charge in [-0.3, -0.25) is 9.59 Å². The standard InChI is InChI=1S/C9H15O2S/c1-7(10)9(8(2)11)12-5-3-4-6-12/h9H,3-6H2,1-2H3/q+1. The number of rotatable bonds is 3. The molecule has 0 aromatic carbocycles. The zero-order chi connectivity index (χ0) is 9.14. The average molecular weight is 187 g/mol. The molecule has 0 radical (unpaired) electrons. The van der Waals surface area contributed by atoms with Crippen LogP contribution >= 0.6 is 0 Å². The van der Waals surface area contributed by atoms with Crippen molar-refractivity contribution in [3.8, 4) is 0 Å². The van der Waals surface area contributed by atoms with Gasteiger partial charge < -0.3 is 0 Å². The first-order chi connectivity index (χ1) is 5.63. The summed E-state index contributed by atoms with van der Waals surface area (Å²) in [6.45, 7) is 3.08. The number of Topliss-reactive ketones (excluding diaryl/α,β-unsaturated/α-hetero) is 2. The van der Waals surface area contributed by atoms with E-state index in [0.29, 0.717) is 0 Å². The van der Waals surface area contributed by atoms with Crippen LogP contribution in [0.5, 0.6) is 0 Å². The van der Waals surface area contributed by atoms with Crippen LogP contribution in [0.25, 0.3) is 0 Å². The van der Waals surface area contributed by atoms with Gasteiger partial charge in [0.15, 0.2) is 11.6 Å². The molecular formula is C9H15O2S+. The Hall–Kier alpha value is -0.310. The van der Waals surface area contributed by atoms with Gasteiger partial charge in [-0.25, -0.2) is 0 Å². The van der Waals surface area contributed by atoms with Gasteiger partial charge >= 0.3 is 0 Å². The highest BCUT2D eigenvalue weighted by Gasteiger charge is 2.40. The van der Waals surface area contributed by atoms with Crippen LogP contribution in [0.4, 0.5) is 0 Å². The smallest absolute Gasteiger partial charge is 0.232 e. The predicted molar refractivity (Wildman–Crippen MR) is 51.5 cm³/mol. The molecule has 1 aliphatic rings. The van der Waals surface area contributed by atoms with Gasteiger partial charge in [0.2, 0.25) is 5.25 Å². The lowest BCUT2D eigenvalue weighted by molar-refractivity contribution is -0.123. The van der Waals surface area contributed by atoms with Crippen molar-refractivity contribution in [3.63, 3.8) is 0 Å². The number of hydrogen-bond acceptors (Lipinski definition) is 2. The molecule has 0 bridgehead atoms. The van der Waals surface area contributed by atoms with Crippen molar-refractivity contribution in [2.75, 3.05) is 11.5 Å². The van der Waals surface area contributed by atoms with Crippen LogP contribution in [0, 0.1) is 0 Å². The number of carbonyl (C=O) groups is 2. The number of carbonyl (C=O) groups excluding carboxylic acids is 2. The Bertz CT molecular complexity index is 181. The van der Waals surface area contributed by atoms with Crippen molar-refractivity contribution in [1.29, 1.82) is 0 Å². The van der Waals surface area contributed by atoms with Gasteiger partial charge in [0.25, 0.3) is 0 Å². The molecule has 1 saturated heterocycles. The van der Waals surface area contributed by atoms with Crippen molar-refractivity contribution < 1.29 is 9.59 Å². The molecule has 1 heterocycles. The van der Waals surface area contributed by atoms with Gasteiger partial charge in [0, 0.05) is 24.7 Å². The maximum atomic E-state index is 11.2. The van der Waals surface area contributed by atoms with E-state index >= 15 is 0 Å². The SMILES string of the molecule is CC(=O)C(C(C)=O)[S+]1CCCC1. The minimum absolute atomic E-state index is 0.0627. The molecule has 0 aliphatic carbocycles. The van der Waals surface area contributed by atoms with E-state index in [1.807, 2.05) is 0 Å². The third kappa shape index (κ3) is 2.09. The summed E-state index contributed by atoms with van der Waals surface area (Å²) in [7, 11) is 0.0756.